The lowest BCUT2D eigenvalue weighted by Crippen LogP contribution is -2.18. The van der Waals surface area contributed by atoms with E-state index in [1.165, 1.54) is 32.7 Å². The highest BCUT2D eigenvalue weighted by atomic mass is 16.1. The molecule has 5 heteroatoms. The van der Waals surface area contributed by atoms with E-state index >= 15 is 0 Å². The van der Waals surface area contributed by atoms with E-state index in [-0.39, 0.29) is 16.3 Å². The maximum Gasteiger partial charge on any atom is 0.197 e. The summed E-state index contributed by atoms with van der Waals surface area (Å²) in [6, 6.07) is 46.5. The fraction of sp³-hybridized carbons (Fsp3) is 0.115. The molecule has 0 unspecified atom stereocenters. The lowest BCUT2D eigenvalue weighted by Gasteiger charge is -2.22. The number of benzene rings is 7. The maximum atomic E-state index is 15.0. The van der Waals surface area contributed by atoms with Gasteiger partial charge >= 0.3 is 0 Å². The quantitative estimate of drug-likeness (QED) is 0.131. The summed E-state index contributed by atoms with van der Waals surface area (Å²) in [6.07, 6.45) is 6.64. The molecule has 272 valence electrons. The average Bonchev–Trinajstić information content (AvgIpc) is 3.76. The Balaban J connectivity index is 1.20. The predicted molar refractivity (Wildman–Crippen MR) is 238 cm³/mol. The van der Waals surface area contributed by atoms with E-state index in [4.69, 9.17) is 0 Å². The highest BCUT2D eigenvalue weighted by Crippen LogP contribution is 2.40. The van der Waals surface area contributed by atoms with Crippen LogP contribution in [0.4, 0.5) is 0 Å². The first-order valence-electron chi connectivity index (χ1n) is 19.8. The molecule has 0 amide bonds. The zero-order valence-electron chi connectivity index (χ0n) is 31.9. The highest BCUT2D eigenvalue weighted by Gasteiger charge is 2.24. The fourth-order valence-corrected chi connectivity index (χ4v) is 9.85. The topological polar surface area (TPSA) is 48.4 Å². The molecule has 11 aromatic rings. The van der Waals surface area contributed by atoms with Crippen molar-refractivity contribution in [2.24, 2.45) is 0 Å². The van der Waals surface area contributed by atoms with E-state index in [0.29, 0.717) is 27.1 Å². The molecule has 5 nitrogen and oxygen atoms in total. The molecular formula is C52H37N3O2. The van der Waals surface area contributed by atoms with Gasteiger partial charge in [-0.05, 0) is 108 Å². The molecule has 0 saturated heterocycles. The molecule has 12 rings (SSSR count). The minimum absolute atomic E-state index is 0.0651. The van der Waals surface area contributed by atoms with Crippen LogP contribution in [0.3, 0.4) is 0 Å². The van der Waals surface area contributed by atoms with E-state index in [9.17, 15) is 9.59 Å². The molecule has 0 bridgehead atoms. The van der Waals surface area contributed by atoms with Crippen LogP contribution in [0.5, 0.6) is 0 Å². The standard InChI is InChI=1S/C52H37N3O2/c1-52(2,3)31-26-40-49-41(27-31)51(57)39-29-33(54-44-19-11-8-16-37(44)48-34-13-5-4-12-30(34)20-23-47(48)54)22-25-46(39)55(49)45-24-21-32(28-38(45)50(40)56)53-42-17-9-6-14-35(42)36-15-7-10-18-43(36)53/h5-11,13-29H,4,12H2,1-3H3. The maximum absolute atomic E-state index is 15.0. The Bertz CT molecular complexity index is 3670. The van der Waals surface area contributed by atoms with Crippen molar-refractivity contribution < 1.29 is 0 Å². The van der Waals surface area contributed by atoms with Crippen LogP contribution in [0.15, 0.2) is 149 Å². The number of aromatic nitrogens is 3. The predicted octanol–water partition coefficient (Wildman–Crippen LogP) is 12.0. The van der Waals surface area contributed by atoms with Gasteiger partial charge in [-0.25, -0.2) is 0 Å². The van der Waals surface area contributed by atoms with Crippen LogP contribution in [0.25, 0.3) is 99.2 Å². The Morgan fingerprint density at radius 3 is 1.58 bits per heavy atom. The molecule has 7 aromatic carbocycles. The fourth-order valence-electron chi connectivity index (χ4n) is 9.85. The van der Waals surface area contributed by atoms with Crippen molar-refractivity contribution >= 4 is 87.8 Å². The molecule has 0 atom stereocenters. The number of hydrogen-bond acceptors (Lipinski definition) is 2. The third kappa shape index (κ3) is 4.34. The summed E-state index contributed by atoms with van der Waals surface area (Å²) in [6.45, 7) is 6.41. The largest absolute Gasteiger partial charge is 0.309 e. The first kappa shape index (κ1) is 32.3. The molecule has 1 aliphatic carbocycles. The van der Waals surface area contributed by atoms with Gasteiger partial charge in [0.05, 0.1) is 38.6 Å². The Hall–Kier alpha value is -6.98. The van der Waals surface area contributed by atoms with Gasteiger partial charge in [0, 0.05) is 54.5 Å². The molecule has 0 spiro atoms. The summed E-state index contributed by atoms with van der Waals surface area (Å²) >= 11 is 0. The van der Waals surface area contributed by atoms with Crippen molar-refractivity contribution in [2.45, 2.75) is 39.0 Å². The summed E-state index contributed by atoms with van der Waals surface area (Å²) in [5.74, 6) is 0. The number of aryl methyl sites for hydroxylation is 1. The van der Waals surface area contributed by atoms with Gasteiger partial charge < -0.3 is 13.5 Å². The Morgan fingerprint density at radius 2 is 1.00 bits per heavy atom. The highest BCUT2D eigenvalue weighted by molar-refractivity contribution is 6.14. The van der Waals surface area contributed by atoms with Crippen molar-refractivity contribution in [3.05, 3.63) is 177 Å². The zero-order valence-corrected chi connectivity index (χ0v) is 31.9. The van der Waals surface area contributed by atoms with Crippen molar-refractivity contribution in [3.63, 3.8) is 0 Å². The summed E-state index contributed by atoms with van der Waals surface area (Å²) < 4.78 is 6.72. The number of pyridine rings is 2. The van der Waals surface area contributed by atoms with E-state index in [1.807, 2.05) is 18.2 Å². The molecule has 57 heavy (non-hydrogen) atoms. The van der Waals surface area contributed by atoms with Crippen LogP contribution < -0.4 is 10.9 Å². The van der Waals surface area contributed by atoms with Crippen molar-refractivity contribution in [1.82, 2.24) is 13.5 Å². The van der Waals surface area contributed by atoms with Crippen molar-refractivity contribution in [3.8, 4) is 11.4 Å². The number of para-hydroxylation sites is 3. The van der Waals surface area contributed by atoms with Crippen LogP contribution in [0, 0.1) is 0 Å². The van der Waals surface area contributed by atoms with Gasteiger partial charge in [0.2, 0.25) is 0 Å². The summed E-state index contributed by atoms with van der Waals surface area (Å²) in [5, 5.41) is 7.14. The normalized spacial score (nSPS) is 13.5. The summed E-state index contributed by atoms with van der Waals surface area (Å²) in [7, 11) is 0. The van der Waals surface area contributed by atoms with Gasteiger partial charge in [-0.3, -0.25) is 9.59 Å². The van der Waals surface area contributed by atoms with Gasteiger partial charge in [0.1, 0.15) is 0 Å². The van der Waals surface area contributed by atoms with Gasteiger partial charge in [-0.1, -0.05) is 93.6 Å². The number of fused-ring (bicyclic) bond motifs is 12. The average molecular weight is 736 g/mol. The molecule has 0 aliphatic heterocycles. The number of nitrogens with zero attached hydrogens (tertiary/aromatic N) is 3. The molecule has 4 aromatic heterocycles. The van der Waals surface area contributed by atoms with Crippen LogP contribution in [-0.4, -0.2) is 13.5 Å². The second kappa shape index (κ2) is 11.3. The van der Waals surface area contributed by atoms with Crippen LogP contribution in [0.1, 0.15) is 43.9 Å². The third-order valence-electron chi connectivity index (χ3n) is 12.6. The van der Waals surface area contributed by atoms with Crippen LogP contribution in [-0.2, 0) is 11.8 Å². The lowest BCUT2D eigenvalue weighted by atomic mass is 9.85. The first-order chi connectivity index (χ1) is 27.8. The zero-order chi connectivity index (χ0) is 38.3. The SMILES string of the molecule is CC(C)(C)c1cc2c(=O)c3cc(-n4c5ccccc5c5ccccc54)ccc3n3c4ccc(-n5c6ccccc6c6c7c(ccc65)CCC=C7)cc4c(=O)c(c1)c23. The number of hydrogen-bond donors (Lipinski definition) is 0. The summed E-state index contributed by atoms with van der Waals surface area (Å²) in [5.41, 5.74) is 11.7. The molecule has 0 saturated carbocycles. The Kier molecular flexibility index (Phi) is 6.40. The number of rotatable bonds is 2. The monoisotopic (exact) mass is 735 g/mol. The Morgan fingerprint density at radius 1 is 0.491 bits per heavy atom. The molecule has 0 radical (unpaired) electrons. The third-order valence-corrected chi connectivity index (χ3v) is 12.6. The minimum atomic E-state index is -0.291. The second-order valence-electron chi connectivity index (χ2n) is 16.8. The lowest BCUT2D eigenvalue weighted by molar-refractivity contribution is 0.591. The first-order valence-corrected chi connectivity index (χ1v) is 19.8. The molecular weight excluding hydrogens is 699 g/mol. The number of allylic oxidation sites excluding steroid dienone is 1. The molecule has 0 N–H and O–H groups in total. The van der Waals surface area contributed by atoms with E-state index in [2.05, 4.69) is 162 Å². The summed E-state index contributed by atoms with van der Waals surface area (Å²) in [4.78, 5) is 29.9. The van der Waals surface area contributed by atoms with Crippen LogP contribution >= 0.6 is 0 Å². The van der Waals surface area contributed by atoms with E-state index in [1.54, 1.807) is 0 Å². The van der Waals surface area contributed by atoms with Crippen molar-refractivity contribution in [2.75, 3.05) is 0 Å². The van der Waals surface area contributed by atoms with Gasteiger partial charge in [-0.15, -0.1) is 0 Å². The van der Waals surface area contributed by atoms with Gasteiger partial charge in [0.25, 0.3) is 0 Å². The smallest absolute Gasteiger partial charge is 0.197 e. The van der Waals surface area contributed by atoms with E-state index < -0.39 is 0 Å². The van der Waals surface area contributed by atoms with Crippen LogP contribution in [0.2, 0.25) is 0 Å². The van der Waals surface area contributed by atoms with E-state index in [0.717, 1.165) is 62.9 Å². The molecule has 1 aliphatic rings. The Labute approximate surface area is 327 Å². The van der Waals surface area contributed by atoms with Gasteiger partial charge in [-0.2, -0.15) is 0 Å². The molecule has 0 fully saturated rings. The second-order valence-corrected chi connectivity index (χ2v) is 16.8. The minimum Gasteiger partial charge on any atom is -0.309 e. The van der Waals surface area contributed by atoms with Gasteiger partial charge in [0.15, 0.2) is 10.9 Å². The molecule has 4 heterocycles. The van der Waals surface area contributed by atoms with Crippen molar-refractivity contribution in [1.29, 1.82) is 0 Å².